The molecule has 0 aromatic heterocycles. The quantitative estimate of drug-likeness (QED) is 0.365. The lowest BCUT2D eigenvalue weighted by Gasteiger charge is -2.36. The maximum Gasteiger partial charge on any atom is 0.225 e. The average molecular weight is 416 g/mol. The van der Waals surface area contributed by atoms with Crippen LogP contribution in [-0.2, 0) is 16.1 Å². The van der Waals surface area contributed by atoms with E-state index in [1.54, 1.807) is 7.05 Å². The Morgan fingerprint density at radius 3 is 2.47 bits per heavy atom. The Balaban J connectivity index is 1.23. The zero-order valence-corrected chi connectivity index (χ0v) is 18.3. The van der Waals surface area contributed by atoms with Gasteiger partial charge in [0.05, 0.1) is 13.2 Å². The Labute approximate surface area is 180 Å². The first-order valence-corrected chi connectivity index (χ1v) is 11.3. The third-order valence-electron chi connectivity index (χ3n) is 5.98. The number of nitrogens with zero attached hydrogens (tertiary/aromatic N) is 3. The van der Waals surface area contributed by atoms with Gasteiger partial charge in [-0.1, -0.05) is 43.2 Å². The zero-order chi connectivity index (χ0) is 21.0. The minimum absolute atomic E-state index is 0.296. The zero-order valence-electron chi connectivity index (χ0n) is 18.3. The predicted octanol–water partition coefficient (Wildman–Crippen LogP) is 1.70. The highest BCUT2D eigenvalue weighted by atomic mass is 16.5. The molecule has 3 rings (SSSR count). The molecule has 0 unspecified atom stereocenters. The summed E-state index contributed by atoms with van der Waals surface area (Å²) in [6.07, 6.45) is 4.62. The molecular formula is C23H37N5O2. The molecule has 30 heavy (non-hydrogen) atoms. The highest BCUT2D eigenvalue weighted by Crippen LogP contribution is 2.26. The van der Waals surface area contributed by atoms with Crippen molar-refractivity contribution < 1.29 is 9.53 Å². The van der Waals surface area contributed by atoms with Gasteiger partial charge < -0.3 is 20.3 Å². The van der Waals surface area contributed by atoms with Crippen molar-refractivity contribution in [2.45, 2.75) is 32.3 Å². The van der Waals surface area contributed by atoms with Crippen molar-refractivity contribution in [3.63, 3.8) is 0 Å². The van der Waals surface area contributed by atoms with Crippen LogP contribution in [0.4, 0.5) is 0 Å². The molecule has 166 valence electrons. The molecule has 7 heteroatoms. The van der Waals surface area contributed by atoms with Crippen LogP contribution in [0.15, 0.2) is 35.3 Å². The lowest BCUT2D eigenvalue weighted by atomic mass is 10.1. The van der Waals surface area contributed by atoms with Crippen LogP contribution in [0, 0.1) is 5.92 Å². The molecule has 1 aliphatic heterocycles. The van der Waals surface area contributed by atoms with E-state index in [2.05, 4.69) is 37.6 Å². The first kappa shape index (κ1) is 22.6. The summed E-state index contributed by atoms with van der Waals surface area (Å²) in [5, 5.41) is 6.65. The van der Waals surface area contributed by atoms with Crippen LogP contribution in [0.25, 0.3) is 0 Å². The molecule has 2 fully saturated rings. The summed E-state index contributed by atoms with van der Waals surface area (Å²) in [7, 11) is 1.79. The Morgan fingerprint density at radius 1 is 1.07 bits per heavy atom. The Bertz CT molecular complexity index is 653. The van der Waals surface area contributed by atoms with Crippen LogP contribution in [0.5, 0.6) is 0 Å². The molecule has 1 aromatic carbocycles. The second kappa shape index (κ2) is 12.5. The number of guanidine groups is 1. The Hall–Kier alpha value is -2.12. The fraction of sp³-hybridized carbons (Fsp3) is 0.652. The van der Waals surface area contributed by atoms with Gasteiger partial charge in [-0.15, -0.1) is 0 Å². The van der Waals surface area contributed by atoms with Crippen LogP contribution >= 0.6 is 0 Å². The van der Waals surface area contributed by atoms with E-state index in [1.807, 2.05) is 18.2 Å². The smallest absolute Gasteiger partial charge is 0.225 e. The van der Waals surface area contributed by atoms with Gasteiger partial charge >= 0.3 is 0 Å². The fourth-order valence-corrected chi connectivity index (χ4v) is 4.18. The van der Waals surface area contributed by atoms with Crippen LogP contribution in [0.3, 0.4) is 0 Å². The van der Waals surface area contributed by atoms with E-state index in [9.17, 15) is 4.79 Å². The number of hydrogen-bond donors (Lipinski definition) is 2. The minimum Gasteiger partial charge on any atom is -0.375 e. The minimum atomic E-state index is 0.296. The van der Waals surface area contributed by atoms with Gasteiger partial charge in [0, 0.05) is 58.8 Å². The number of ether oxygens (including phenoxy) is 1. The topological polar surface area (TPSA) is 69.2 Å². The van der Waals surface area contributed by atoms with Crippen molar-refractivity contribution >= 4 is 11.9 Å². The van der Waals surface area contributed by atoms with Gasteiger partial charge in [0.2, 0.25) is 5.91 Å². The van der Waals surface area contributed by atoms with Gasteiger partial charge in [0.15, 0.2) is 5.96 Å². The number of hydrogen-bond acceptors (Lipinski definition) is 4. The lowest BCUT2D eigenvalue weighted by Crippen LogP contribution is -2.52. The average Bonchev–Trinajstić information content (AvgIpc) is 3.33. The summed E-state index contributed by atoms with van der Waals surface area (Å²) in [4.78, 5) is 21.3. The number of piperazine rings is 1. The van der Waals surface area contributed by atoms with Gasteiger partial charge in [-0.3, -0.25) is 14.7 Å². The second-order valence-corrected chi connectivity index (χ2v) is 8.11. The third-order valence-corrected chi connectivity index (χ3v) is 5.98. The van der Waals surface area contributed by atoms with E-state index < -0.39 is 0 Å². The van der Waals surface area contributed by atoms with Crippen molar-refractivity contribution in [1.29, 1.82) is 0 Å². The lowest BCUT2D eigenvalue weighted by molar-refractivity contribution is -0.137. The molecule has 1 heterocycles. The maximum atomic E-state index is 12.5. The first-order chi connectivity index (χ1) is 14.8. The number of carbonyl (C=O) groups is 1. The highest BCUT2D eigenvalue weighted by molar-refractivity contribution is 5.79. The molecule has 0 spiro atoms. The van der Waals surface area contributed by atoms with Gasteiger partial charge in [-0.25, -0.2) is 0 Å². The van der Waals surface area contributed by atoms with E-state index in [-0.39, 0.29) is 0 Å². The Morgan fingerprint density at radius 2 is 1.77 bits per heavy atom. The molecule has 7 nitrogen and oxygen atoms in total. The van der Waals surface area contributed by atoms with E-state index in [0.717, 1.165) is 58.1 Å². The largest absolute Gasteiger partial charge is 0.375 e. The molecule has 0 atom stereocenters. The van der Waals surface area contributed by atoms with E-state index in [4.69, 9.17) is 4.74 Å². The molecule has 0 bridgehead atoms. The fourth-order valence-electron chi connectivity index (χ4n) is 4.18. The summed E-state index contributed by atoms with van der Waals surface area (Å²) in [5.41, 5.74) is 1.19. The SMILES string of the molecule is CN=C(NCCOCc1ccccc1)NCCN1CCN(C(=O)C2CCCC2)CC1. The molecule has 1 amide bonds. The predicted molar refractivity (Wildman–Crippen MR) is 120 cm³/mol. The van der Waals surface area contributed by atoms with Crippen molar-refractivity contribution in [1.82, 2.24) is 20.4 Å². The summed E-state index contributed by atoms with van der Waals surface area (Å²) < 4.78 is 5.69. The maximum absolute atomic E-state index is 12.5. The van der Waals surface area contributed by atoms with Crippen LogP contribution in [-0.4, -0.2) is 81.1 Å². The number of aliphatic imine (C=N–C) groups is 1. The highest BCUT2D eigenvalue weighted by Gasteiger charge is 2.29. The molecular weight excluding hydrogens is 378 g/mol. The molecule has 1 aromatic rings. The van der Waals surface area contributed by atoms with Gasteiger partial charge in [0.1, 0.15) is 0 Å². The van der Waals surface area contributed by atoms with E-state index in [1.165, 1.54) is 18.4 Å². The molecule has 2 aliphatic rings. The van der Waals surface area contributed by atoms with Gasteiger partial charge in [0.25, 0.3) is 0 Å². The summed E-state index contributed by atoms with van der Waals surface area (Å²) in [6.45, 7) is 7.41. The summed E-state index contributed by atoms with van der Waals surface area (Å²) in [6, 6.07) is 10.2. The number of carbonyl (C=O) groups excluding carboxylic acids is 1. The summed E-state index contributed by atoms with van der Waals surface area (Å²) in [5.74, 6) is 1.49. The van der Waals surface area contributed by atoms with Gasteiger partial charge in [-0.05, 0) is 18.4 Å². The standard InChI is InChI=1S/C23H37N5O2/c1-24-23(26-12-18-30-19-20-7-3-2-4-8-20)25-11-13-27-14-16-28(17-15-27)22(29)21-9-5-6-10-21/h2-4,7-8,21H,5-6,9-19H2,1H3,(H2,24,25,26). The van der Waals surface area contributed by atoms with Crippen LogP contribution in [0.2, 0.25) is 0 Å². The van der Waals surface area contributed by atoms with Crippen molar-refractivity contribution in [3.8, 4) is 0 Å². The molecule has 0 radical (unpaired) electrons. The van der Waals surface area contributed by atoms with Crippen LogP contribution < -0.4 is 10.6 Å². The number of rotatable bonds is 9. The van der Waals surface area contributed by atoms with E-state index in [0.29, 0.717) is 31.6 Å². The normalized spacial score (nSPS) is 18.6. The van der Waals surface area contributed by atoms with Crippen molar-refractivity contribution in [2.24, 2.45) is 10.9 Å². The van der Waals surface area contributed by atoms with Crippen molar-refractivity contribution in [2.75, 3.05) is 59.5 Å². The Kier molecular flexibility index (Phi) is 9.44. The van der Waals surface area contributed by atoms with Crippen molar-refractivity contribution in [3.05, 3.63) is 35.9 Å². The monoisotopic (exact) mass is 415 g/mol. The third kappa shape index (κ3) is 7.29. The molecule has 2 N–H and O–H groups in total. The second-order valence-electron chi connectivity index (χ2n) is 8.11. The number of amides is 1. The van der Waals surface area contributed by atoms with Crippen LogP contribution in [0.1, 0.15) is 31.2 Å². The molecule has 1 aliphatic carbocycles. The van der Waals surface area contributed by atoms with E-state index >= 15 is 0 Å². The first-order valence-electron chi connectivity index (χ1n) is 11.3. The van der Waals surface area contributed by atoms with Gasteiger partial charge in [-0.2, -0.15) is 0 Å². The summed E-state index contributed by atoms with van der Waals surface area (Å²) >= 11 is 0. The molecule has 1 saturated carbocycles. The molecule has 1 saturated heterocycles. The number of benzene rings is 1. The number of nitrogens with one attached hydrogen (secondary N) is 2.